The van der Waals surface area contributed by atoms with Crippen molar-refractivity contribution < 1.29 is 9.53 Å². The minimum atomic E-state index is -0.0617. The Bertz CT molecular complexity index is 694. The number of carbonyl (C=O) groups is 1. The van der Waals surface area contributed by atoms with Crippen molar-refractivity contribution >= 4 is 27.5 Å². The number of hydrogen-bond acceptors (Lipinski definition) is 5. The van der Waals surface area contributed by atoms with Crippen molar-refractivity contribution in [3.05, 3.63) is 16.8 Å². The number of amides is 1. The zero-order valence-corrected chi connectivity index (χ0v) is 12.5. The fourth-order valence-corrected chi connectivity index (χ4v) is 4.02. The van der Waals surface area contributed by atoms with Crippen molar-refractivity contribution in [1.29, 1.82) is 0 Å². The van der Waals surface area contributed by atoms with Crippen LogP contribution in [0.1, 0.15) is 36.1 Å². The molecule has 0 spiro atoms. The van der Waals surface area contributed by atoms with Crippen LogP contribution in [0.5, 0.6) is 5.88 Å². The number of aryl methyl sites for hydroxylation is 2. The molecule has 1 fully saturated rings. The van der Waals surface area contributed by atoms with Crippen LogP contribution in [0.25, 0.3) is 10.2 Å². The summed E-state index contributed by atoms with van der Waals surface area (Å²) in [6.45, 7) is 0.0350. The summed E-state index contributed by atoms with van der Waals surface area (Å²) >= 11 is 1.74. The lowest BCUT2D eigenvalue weighted by Crippen LogP contribution is -2.30. The number of fused-ring (bicyclic) bond motifs is 3. The van der Waals surface area contributed by atoms with Gasteiger partial charge in [-0.25, -0.2) is 9.97 Å². The van der Waals surface area contributed by atoms with Crippen LogP contribution in [0.3, 0.4) is 0 Å². The van der Waals surface area contributed by atoms with E-state index in [1.807, 2.05) is 0 Å². The highest BCUT2D eigenvalue weighted by Crippen LogP contribution is 2.38. The largest absolute Gasteiger partial charge is 0.467 e. The maximum absolute atomic E-state index is 11.8. The monoisotopic (exact) mass is 303 g/mol. The standard InChI is InChI=1S/C15H17N3O2S/c19-12(18-9-5-6-9)7-20-14-13-10-3-1-2-4-11(10)21-15(13)17-8-16-14/h8-9H,1-7H2,(H,18,19). The van der Waals surface area contributed by atoms with E-state index in [0.29, 0.717) is 11.9 Å². The van der Waals surface area contributed by atoms with Gasteiger partial charge in [0.15, 0.2) is 6.61 Å². The van der Waals surface area contributed by atoms with Crippen LogP contribution in [0.2, 0.25) is 0 Å². The normalized spacial score (nSPS) is 17.5. The first-order valence-corrected chi connectivity index (χ1v) is 8.30. The van der Waals surface area contributed by atoms with Crippen LogP contribution < -0.4 is 10.1 Å². The van der Waals surface area contributed by atoms with Gasteiger partial charge in [0.05, 0.1) is 5.39 Å². The molecule has 5 nitrogen and oxygen atoms in total. The Balaban J connectivity index is 1.58. The first-order chi connectivity index (χ1) is 10.3. The number of rotatable bonds is 4. The molecule has 0 bridgehead atoms. The summed E-state index contributed by atoms with van der Waals surface area (Å²) in [5.41, 5.74) is 1.33. The van der Waals surface area contributed by atoms with Crippen molar-refractivity contribution in [2.75, 3.05) is 6.61 Å². The van der Waals surface area contributed by atoms with Gasteiger partial charge in [-0.3, -0.25) is 4.79 Å². The summed E-state index contributed by atoms with van der Waals surface area (Å²) < 4.78 is 5.68. The molecule has 2 aromatic heterocycles. The number of ether oxygens (including phenoxy) is 1. The Kier molecular flexibility index (Phi) is 3.25. The molecule has 1 saturated carbocycles. The third-order valence-electron chi connectivity index (χ3n) is 4.00. The molecule has 2 aromatic rings. The lowest BCUT2D eigenvalue weighted by molar-refractivity contribution is -0.123. The van der Waals surface area contributed by atoms with Crippen LogP contribution in [0.15, 0.2) is 6.33 Å². The van der Waals surface area contributed by atoms with Gasteiger partial charge in [-0.15, -0.1) is 11.3 Å². The van der Waals surface area contributed by atoms with Gasteiger partial charge in [0.25, 0.3) is 5.91 Å². The molecule has 0 radical (unpaired) electrons. The highest BCUT2D eigenvalue weighted by molar-refractivity contribution is 7.18. The van der Waals surface area contributed by atoms with E-state index in [4.69, 9.17) is 4.74 Å². The van der Waals surface area contributed by atoms with Crippen molar-refractivity contribution in [2.24, 2.45) is 0 Å². The van der Waals surface area contributed by atoms with Gasteiger partial charge >= 0.3 is 0 Å². The van der Waals surface area contributed by atoms with Crippen LogP contribution >= 0.6 is 11.3 Å². The molecule has 4 rings (SSSR count). The van der Waals surface area contributed by atoms with E-state index in [1.54, 1.807) is 11.3 Å². The predicted molar refractivity (Wildman–Crippen MR) is 80.7 cm³/mol. The Hall–Kier alpha value is -1.69. The molecule has 2 heterocycles. The SMILES string of the molecule is O=C(COc1ncnc2sc3c(c12)CCCC3)NC1CC1. The predicted octanol–water partition coefficient (Wildman–Crippen LogP) is 2.23. The highest BCUT2D eigenvalue weighted by Gasteiger charge is 2.24. The first-order valence-electron chi connectivity index (χ1n) is 7.48. The summed E-state index contributed by atoms with van der Waals surface area (Å²) in [4.78, 5) is 22.7. The lowest BCUT2D eigenvalue weighted by Gasteiger charge is -2.12. The molecule has 0 saturated heterocycles. The van der Waals surface area contributed by atoms with Crippen LogP contribution in [-0.2, 0) is 17.6 Å². The maximum Gasteiger partial charge on any atom is 0.258 e. The summed E-state index contributed by atoms with van der Waals surface area (Å²) in [5.74, 6) is 0.499. The Labute approximate surface area is 126 Å². The van der Waals surface area contributed by atoms with Crippen molar-refractivity contribution in [3.63, 3.8) is 0 Å². The molecule has 0 atom stereocenters. The summed E-state index contributed by atoms with van der Waals surface area (Å²) in [6.07, 6.45) is 8.33. The second-order valence-corrected chi connectivity index (χ2v) is 6.78. The van der Waals surface area contributed by atoms with Gasteiger partial charge in [0, 0.05) is 10.9 Å². The second-order valence-electron chi connectivity index (χ2n) is 5.70. The molecule has 1 N–H and O–H groups in total. The number of hydrogen-bond donors (Lipinski definition) is 1. The van der Waals surface area contributed by atoms with E-state index >= 15 is 0 Å². The molecule has 1 amide bonds. The number of nitrogens with zero attached hydrogens (tertiary/aromatic N) is 2. The average molecular weight is 303 g/mol. The van der Waals surface area contributed by atoms with E-state index in [-0.39, 0.29) is 12.5 Å². The lowest BCUT2D eigenvalue weighted by atomic mass is 9.97. The van der Waals surface area contributed by atoms with Crippen LogP contribution in [0, 0.1) is 0 Å². The zero-order chi connectivity index (χ0) is 14.2. The fourth-order valence-electron chi connectivity index (χ4n) is 2.80. The molecule has 0 aliphatic heterocycles. The van der Waals surface area contributed by atoms with Crippen LogP contribution in [0.4, 0.5) is 0 Å². The number of carbonyl (C=O) groups excluding carboxylic acids is 1. The average Bonchev–Trinajstić information content (AvgIpc) is 3.22. The second kappa shape index (κ2) is 5.26. The van der Waals surface area contributed by atoms with E-state index < -0.39 is 0 Å². The topological polar surface area (TPSA) is 64.1 Å². The van der Waals surface area contributed by atoms with Gasteiger partial charge in [0.2, 0.25) is 5.88 Å². The summed E-state index contributed by atoms with van der Waals surface area (Å²) in [6, 6.07) is 0.362. The summed E-state index contributed by atoms with van der Waals surface area (Å²) in [5, 5.41) is 3.95. The number of thiophene rings is 1. The molecule has 21 heavy (non-hydrogen) atoms. The van der Waals surface area contributed by atoms with E-state index in [2.05, 4.69) is 15.3 Å². The molecule has 2 aliphatic rings. The van der Waals surface area contributed by atoms with Crippen molar-refractivity contribution in [1.82, 2.24) is 15.3 Å². The van der Waals surface area contributed by atoms with Gasteiger partial charge in [-0.05, 0) is 44.1 Å². The number of nitrogens with one attached hydrogen (secondary N) is 1. The molecule has 0 unspecified atom stereocenters. The summed E-state index contributed by atoms with van der Waals surface area (Å²) in [7, 11) is 0. The number of aromatic nitrogens is 2. The Morgan fingerprint density at radius 3 is 3.05 bits per heavy atom. The van der Waals surface area contributed by atoms with Crippen LogP contribution in [-0.4, -0.2) is 28.5 Å². The van der Waals surface area contributed by atoms with E-state index in [0.717, 1.165) is 35.9 Å². The molecule has 0 aromatic carbocycles. The molecular weight excluding hydrogens is 286 g/mol. The fraction of sp³-hybridized carbons (Fsp3) is 0.533. The first kappa shape index (κ1) is 13.0. The van der Waals surface area contributed by atoms with E-state index in [1.165, 1.54) is 29.6 Å². The molecule has 6 heteroatoms. The van der Waals surface area contributed by atoms with Gasteiger partial charge < -0.3 is 10.1 Å². The zero-order valence-electron chi connectivity index (χ0n) is 11.7. The smallest absolute Gasteiger partial charge is 0.258 e. The molecule has 110 valence electrons. The quantitative estimate of drug-likeness (QED) is 0.940. The molecule has 2 aliphatic carbocycles. The Morgan fingerprint density at radius 1 is 1.33 bits per heavy atom. The highest BCUT2D eigenvalue weighted by atomic mass is 32.1. The van der Waals surface area contributed by atoms with Gasteiger partial charge in [-0.1, -0.05) is 0 Å². The van der Waals surface area contributed by atoms with Gasteiger partial charge in [-0.2, -0.15) is 0 Å². The van der Waals surface area contributed by atoms with E-state index in [9.17, 15) is 4.79 Å². The third-order valence-corrected chi connectivity index (χ3v) is 5.20. The Morgan fingerprint density at radius 2 is 2.19 bits per heavy atom. The van der Waals surface area contributed by atoms with Crippen molar-refractivity contribution in [2.45, 2.75) is 44.6 Å². The maximum atomic E-state index is 11.8. The third kappa shape index (κ3) is 2.60. The minimum absolute atomic E-state index is 0.0350. The molecular formula is C15H17N3O2S. The van der Waals surface area contributed by atoms with Gasteiger partial charge in [0.1, 0.15) is 11.2 Å². The minimum Gasteiger partial charge on any atom is -0.467 e. The van der Waals surface area contributed by atoms with Crippen molar-refractivity contribution in [3.8, 4) is 5.88 Å².